The number of hydrogen-bond donors (Lipinski definition) is 1. The summed E-state index contributed by atoms with van der Waals surface area (Å²) in [5.41, 5.74) is 2.13. The molecule has 0 aliphatic carbocycles. The lowest BCUT2D eigenvalue weighted by Crippen LogP contribution is -2.29. The monoisotopic (exact) mass is 262 g/mol. The second-order valence-corrected chi connectivity index (χ2v) is 6.29. The molecule has 106 valence electrons. The van der Waals surface area contributed by atoms with E-state index in [-0.39, 0.29) is 17.4 Å². The molecule has 0 bridgehead atoms. The third-order valence-corrected chi connectivity index (χ3v) is 3.11. The van der Waals surface area contributed by atoms with Crippen LogP contribution >= 0.6 is 0 Å². The number of amides is 1. The molecule has 0 radical (unpaired) electrons. The number of pyridine rings is 1. The van der Waals surface area contributed by atoms with Crippen LogP contribution < -0.4 is 5.32 Å². The fourth-order valence-corrected chi connectivity index (χ4v) is 1.90. The first kappa shape index (κ1) is 15.7. The van der Waals surface area contributed by atoms with Gasteiger partial charge in [0.2, 0.25) is 5.91 Å². The summed E-state index contributed by atoms with van der Waals surface area (Å²) in [5, 5.41) is 3.08. The van der Waals surface area contributed by atoms with Crippen molar-refractivity contribution in [1.29, 1.82) is 0 Å². The second kappa shape index (κ2) is 6.69. The molecule has 0 aromatic carbocycles. The van der Waals surface area contributed by atoms with E-state index in [1.165, 1.54) is 0 Å². The van der Waals surface area contributed by atoms with Gasteiger partial charge < -0.3 is 5.32 Å². The van der Waals surface area contributed by atoms with Crippen molar-refractivity contribution in [3.8, 4) is 0 Å². The highest BCUT2D eigenvalue weighted by Gasteiger charge is 2.17. The number of carbonyl (C=O) groups is 1. The molecule has 1 atom stereocenters. The number of nitrogens with one attached hydrogen (secondary N) is 1. The van der Waals surface area contributed by atoms with Crippen LogP contribution in [0.1, 0.15) is 64.4 Å². The maximum atomic E-state index is 12.0. The minimum Gasteiger partial charge on any atom is -0.348 e. The summed E-state index contributed by atoms with van der Waals surface area (Å²) in [4.78, 5) is 16.5. The molecule has 0 spiro atoms. The molecule has 1 aromatic rings. The van der Waals surface area contributed by atoms with Crippen LogP contribution in [0.5, 0.6) is 0 Å². The summed E-state index contributed by atoms with van der Waals surface area (Å²) in [5.74, 6) is 0.116. The molecule has 0 saturated carbocycles. The Bertz CT molecular complexity index is 421. The standard InChI is InChI=1S/C16H26N2O/c1-6-13(14-9-7-8-12(2)17-14)18-15(19)10-11-16(3,4)5/h7-9,13H,6,10-11H2,1-5H3,(H,18,19)/t13-/m0/s1. The van der Waals surface area contributed by atoms with E-state index in [0.717, 1.165) is 24.2 Å². The number of aryl methyl sites for hydroxylation is 1. The lowest BCUT2D eigenvalue weighted by atomic mass is 9.90. The van der Waals surface area contributed by atoms with Gasteiger partial charge in [0.1, 0.15) is 0 Å². The molecule has 0 aliphatic heterocycles. The molecule has 1 rings (SSSR count). The maximum absolute atomic E-state index is 12.0. The Hall–Kier alpha value is -1.38. The Labute approximate surface area is 116 Å². The smallest absolute Gasteiger partial charge is 0.220 e. The molecule has 1 aromatic heterocycles. The number of aromatic nitrogens is 1. The van der Waals surface area contributed by atoms with Crippen molar-refractivity contribution in [2.75, 3.05) is 0 Å². The van der Waals surface area contributed by atoms with Crippen LogP contribution in [-0.4, -0.2) is 10.9 Å². The van der Waals surface area contributed by atoms with Crippen LogP contribution in [0.2, 0.25) is 0 Å². The van der Waals surface area contributed by atoms with Gasteiger partial charge in [0, 0.05) is 12.1 Å². The maximum Gasteiger partial charge on any atom is 0.220 e. The number of hydrogen-bond acceptors (Lipinski definition) is 2. The Morgan fingerprint density at radius 1 is 1.37 bits per heavy atom. The van der Waals surface area contributed by atoms with Gasteiger partial charge in [0.05, 0.1) is 11.7 Å². The van der Waals surface area contributed by atoms with Crippen LogP contribution in [0.15, 0.2) is 18.2 Å². The molecular weight excluding hydrogens is 236 g/mol. The van der Waals surface area contributed by atoms with Crippen molar-refractivity contribution in [1.82, 2.24) is 10.3 Å². The first-order valence-electron chi connectivity index (χ1n) is 7.05. The van der Waals surface area contributed by atoms with Crippen molar-refractivity contribution in [3.05, 3.63) is 29.6 Å². The summed E-state index contributed by atoms with van der Waals surface area (Å²) in [6.07, 6.45) is 2.33. The van der Waals surface area contributed by atoms with Gasteiger partial charge in [-0.1, -0.05) is 33.8 Å². The zero-order valence-electron chi connectivity index (χ0n) is 12.8. The van der Waals surface area contributed by atoms with E-state index >= 15 is 0 Å². The highest BCUT2D eigenvalue weighted by atomic mass is 16.1. The molecule has 19 heavy (non-hydrogen) atoms. The summed E-state index contributed by atoms with van der Waals surface area (Å²) in [6, 6.07) is 5.96. The van der Waals surface area contributed by atoms with Crippen LogP contribution in [0.4, 0.5) is 0 Å². The van der Waals surface area contributed by atoms with Gasteiger partial charge in [-0.2, -0.15) is 0 Å². The SMILES string of the molecule is CC[C@H](NC(=O)CCC(C)(C)C)c1cccc(C)n1. The number of nitrogens with zero attached hydrogens (tertiary/aromatic N) is 1. The minimum atomic E-state index is 0.0207. The zero-order valence-corrected chi connectivity index (χ0v) is 12.8. The lowest BCUT2D eigenvalue weighted by molar-refractivity contribution is -0.122. The van der Waals surface area contributed by atoms with E-state index < -0.39 is 0 Å². The highest BCUT2D eigenvalue weighted by molar-refractivity contribution is 5.76. The van der Waals surface area contributed by atoms with E-state index in [2.05, 4.69) is 38.0 Å². The largest absolute Gasteiger partial charge is 0.348 e. The summed E-state index contributed by atoms with van der Waals surface area (Å²) < 4.78 is 0. The van der Waals surface area contributed by atoms with E-state index in [9.17, 15) is 4.79 Å². The van der Waals surface area contributed by atoms with Gasteiger partial charge in [-0.15, -0.1) is 0 Å². The van der Waals surface area contributed by atoms with E-state index in [1.54, 1.807) is 0 Å². The second-order valence-electron chi connectivity index (χ2n) is 6.29. The van der Waals surface area contributed by atoms with Crippen LogP contribution in [0.25, 0.3) is 0 Å². The average molecular weight is 262 g/mol. The topological polar surface area (TPSA) is 42.0 Å². The molecule has 1 heterocycles. The van der Waals surface area contributed by atoms with Gasteiger partial charge >= 0.3 is 0 Å². The van der Waals surface area contributed by atoms with E-state index in [1.807, 2.05) is 25.1 Å². The summed E-state index contributed by atoms with van der Waals surface area (Å²) in [7, 11) is 0. The van der Waals surface area contributed by atoms with E-state index in [0.29, 0.717) is 6.42 Å². The van der Waals surface area contributed by atoms with E-state index in [4.69, 9.17) is 0 Å². The first-order chi connectivity index (χ1) is 8.81. The third-order valence-electron chi connectivity index (χ3n) is 3.11. The fourth-order valence-electron chi connectivity index (χ4n) is 1.90. The quantitative estimate of drug-likeness (QED) is 0.877. The van der Waals surface area contributed by atoms with Crippen LogP contribution in [0, 0.1) is 12.3 Å². The zero-order chi connectivity index (χ0) is 14.5. The van der Waals surface area contributed by atoms with Gasteiger partial charge in [-0.25, -0.2) is 0 Å². The average Bonchev–Trinajstić information content (AvgIpc) is 2.32. The van der Waals surface area contributed by atoms with Crippen LogP contribution in [0.3, 0.4) is 0 Å². The molecule has 0 aliphatic rings. The van der Waals surface area contributed by atoms with Gasteiger partial charge in [-0.05, 0) is 37.3 Å². The summed E-state index contributed by atoms with van der Waals surface area (Å²) in [6.45, 7) is 10.5. The predicted octanol–water partition coefficient (Wildman–Crippen LogP) is 3.78. The lowest BCUT2D eigenvalue weighted by Gasteiger charge is -2.20. The fraction of sp³-hybridized carbons (Fsp3) is 0.625. The molecule has 0 unspecified atom stereocenters. The van der Waals surface area contributed by atoms with Crippen molar-refractivity contribution in [2.24, 2.45) is 5.41 Å². The third kappa shape index (κ3) is 5.86. The van der Waals surface area contributed by atoms with Gasteiger partial charge in [-0.3, -0.25) is 9.78 Å². The molecular formula is C16H26N2O. The van der Waals surface area contributed by atoms with Gasteiger partial charge in [0.15, 0.2) is 0 Å². The Morgan fingerprint density at radius 2 is 2.05 bits per heavy atom. The molecule has 1 N–H and O–H groups in total. The van der Waals surface area contributed by atoms with Crippen molar-refractivity contribution in [3.63, 3.8) is 0 Å². The molecule has 3 heteroatoms. The molecule has 1 amide bonds. The van der Waals surface area contributed by atoms with Crippen LogP contribution in [-0.2, 0) is 4.79 Å². The number of rotatable bonds is 5. The number of carbonyl (C=O) groups excluding carboxylic acids is 1. The normalized spacial score (nSPS) is 13.1. The van der Waals surface area contributed by atoms with Crippen molar-refractivity contribution < 1.29 is 4.79 Å². The Kier molecular flexibility index (Phi) is 5.52. The van der Waals surface area contributed by atoms with Gasteiger partial charge in [0.25, 0.3) is 0 Å². The molecule has 0 saturated heterocycles. The highest BCUT2D eigenvalue weighted by Crippen LogP contribution is 2.21. The first-order valence-corrected chi connectivity index (χ1v) is 7.05. The summed E-state index contributed by atoms with van der Waals surface area (Å²) >= 11 is 0. The predicted molar refractivity (Wildman–Crippen MR) is 78.8 cm³/mol. The molecule has 3 nitrogen and oxygen atoms in total. The van der Waals surface area contributed by atoms with Crippen molar-refractivity contribution in [2.45, 2.75) is 59.9 Å². The minimum absolute atomic E-state index is 0.0207. The Morgan fingerprint density at radius 3 is 2.58 bits per heavy atom. The Balaban J connectivity index is 2.60. The van der Waals surface area contributed by atoms with Crippen molar-refractivity contribution >= 4 is 5.91 Å². The molecule has 0 fully saturated rings.